The van der Waals surface area contributed by atoms with Gasteiger partial charge in [0.1, 0.15) is 18.1 Å². The van der Waals surface area contributed by atoms with Crippen LogP contribution in [0.3, 0.4) is 0 Å². The average molecular weight is 501 g/mol. The van der Waals surface area contributed by atoms with Crippen molar-refractivity contribution in [2.24, 2.45) is 0 Å². The van der Waals surface area contributed by atoms with Gasteiger partial charge in [0.25, 0.3) is 0 Å². The second-order valence-electron chi connectivity index (χ2n) is 9.63. The fourth-order valence-corrected chi connectivity index (χ4v) is 5.76. The summed E-state index contributed by atoms with van der Waals surface area (Å²) in [4.78, 5) is 44.1. The SMILES string of the molecule is CCOCC(=O)N1C2CC(c3nc4c(-c5ccc(-c6ncc[nH]6)nc5)cnn4c(N)c3C(C)=O)CC1C2. The summed E-state index contributed by atoms with van der Waals surface area (Å²) in [7, 11) is 0. The molecule has 3 N–H and O–H groups in total. The molecule has 11 heteroatoms. The molecule has 0 spiro atoms. The number of H-pyrrole nitrogens is 1. The summed E-state index contributed by atoms with van der Waals surface area (Å²) >= 11 is 0. The number of piperidine rings is 1. The van der Waals surface area contributed by atoms with Crippen molar-refractivity contribution in [2.75, 3.05) is 18.9 Å². The highest BCUT2D eigenvalue weighted by molar-refractivity contribution is 6.00. The number of hydrogen-bond donors (Lipinski definition) is 2. The van der Waals surface area contributed by atoms with Crippen molar-refractivity contribution in [3.05, 3.63) is 48.2 Å². The molecule has 0 radical (unpaired) electrons. The van der Waals surface area contributed by atoms with E-state index in [4.69, 9.17) is 15.5 Å². The lowest BCUT2D eigenvalue weighted by atomic mass is 9.71. The standard InChI is InChI=1S/C26H28N8O3/c1-3-37-13-21(36)33-17-8-16(9-18(33)10-17)23-22(14(2)35)24(27)34-26(32-23)19(12-31-34)15-4-5-20(30-11-15)25-28-6-7-29-25/h4-7,11-12,16-18H,3,8-10,13,27H2,1-2H3,(H,28,29). The number of amides is 1. The number of nitrogens with two attached hydrogens (primary N) is 1. The Morgan fingerprint density at radius 3 is 2.62 bits per heavy atom. The molecule has 0 aromatic carbocycles. The minimum atomic E-state index is -0.146. The predicted octanol–water partition coefficient (Wildman–Crippen LogP) is 2.85. The number of carbonyl (C=O) groups excluding carboxylic acids is 2. The Hall–Kier alpha value is -4.12. The minimum Gasteiger partial charge on any atom is -0.383 e. The molecule has 3 fully saturated rings. The maximum absolute atomic E-state index is 12.7. The number of imidazole rings is 1. The zero-order chi connectivity index (χ0) is 25.7. The third-order valence-electron chi connectivity index (χ3n) is 7.43. The van der Waals surface area contributed by atoms with Crippen LogP contribution in [0.2, 0.25) is 0 Å². The number of ether oxygens (including phenoxy) is 1. The molecule has 1 saturated carbocycles. The lowest BCUT2D eigenvalue weighted by Crippen LogP contribution is -2.63. The lowest BCUT2D eigenvalue weighted by Gasteiger charge is -2.55. The van der Waals surface area contributed by atoms with Crippen LogP contribution < -0.4 is 5.73 Å². The van der Waals surface area contributed by atoms with Crippen molar-refractivity contribution in [2.45, 2.75) is 51.1 Å². The summed E-state index contributed by atoms with van der Waals surface area (Å²) in [5.41, 5.74) is 10.5. The van der Waals surface area contributed by atoms with E-state index < -0.39 is 0 Å². The summed E-state index contributed by atoms with van der Waals surface area (Å²) in [5.74, 6) is 0.870. The van der Waals surface area contributed by atoms with Gasteiger partial charge in [-0.15, -0.1) is 0 Å². The molecule has 3 aliphatic rings. The number of nitrogens with one attached hydrogen (secondary N) is 1. The van der Waals surface area contributed by atoms with Crippen LogP contribution in [0.5, 0.6) is 0 Å². The molecule has 1 amide bonds. The molecule has 190 valence electrons. The van der Waals surface area contributed by atoms with Gasteiger partial charge in [0.15, 0.2) is 17.3 Å². The van der Waals surface area contributed by atoms with Gasteiger partial charge >= 0.3 is 0 Å². The van der Waals surface area contributed by atoms with Crippen molar-refractivity contribution in [3.63, 3.8) is 0 Å². The van der Waals surface area contributed by atoms with Gasteiger partial charge in [-0.05, 0) is 39.2 Å². The van der Waals surface area contributed by atoms with E-state index in [9.17, 15) is 9.59 Å². The number of pyridine rings is 1. The number of fused-ring (bicyclic) bond motifs is 3. The number of ketones is 1. The van der Waals surface area contributed by atoms with Gasteiger partial charge in [-0.3, -0.25) is 14.6 Å². The number of rotatable bonds is 7. The van der Waals surface area contributed by atoms with Crippen LogP contribution in [-0.4, -0.2) is 71.4 Å². The smallest absolute Gasteiger partial charge is 0.249 e. The highest BCUT2D eigenvalue weighted by atomic mass is 16.5. The molecule has 2 atom stereocenters. The van der Waals surface area contributed by atoms with Gasteiger partial charge in [-0.2, -0.15) is 9.61 Å². The summed E-state index contributed by atoms with van der Waals surface area (Å²) in [6.45, 7) is 4.00. The van der Waals surface area contributed by atoms with Crippen LogP contribution >= 0.6 is 0 Å². The summed E-state index contributed by atoms with van der Waals surface area (Å²) in [6, 6.07) is 4.07. The predicted molar refractivity (Wildman–Crippen MR) is 136 cm³/mol. The van der Waals surface area contributed by atoms with E-state index in [1.165, 1.54) is 11.4 Å². The Morgan fingerprint density at radius 1 is 1.16 bits per heavy atom. The molecule has 6 heterocycles. The van der Waals surface area contributed by atoms with Gasteiger partial charge in [0.2, 0.25) is 5.91 Å². The molecule has 11 nitrogen and oxygen atoms in total. The minimum absolute atomic E-state index is 0.0216. The molecule has 4 aromatic heterocycles. The van der Waals surface area contributed by atoms with E-state index in [1.54, 1.807) is 24.8 Å². The van der Waals surface area contributed by atoms with Gasteiger partial charge in [-0.1, -0.05) is 6.07 Å². The first-order valence-electron chi connectivity index (χ1n) is 12.5. The molecule has 2 aliphatic heterocycles. The van der Waals surface area contributed by atoms with Crippen LogP contribution in [0.4, 0.5) is 5.82 Å². The number of anilines is 1. The summed E-state index contributed by atoms with van der Waals surface area (Å²) in [6.07, 6.45) is 9.32. The Morgan fingerprint density at radius 2 is 1.97 bits per heavy atom. The monoisotopic (exact) mass is 500 g/mol. The van der Waals surface area contributed by atoms with Crippen molar-refractivity contribution >= 4 is 23.2 Å². The van der Waals surface area contributed by atoms with E-state index in [0.29, 0.717) is 29.3 Å². The van der Waals surface area contributed by atoms with E-state index in [2.05, 4.69) is 20.1 Å². The fraction of sp³-hybridized carbons (Fsp3) is 0.385. The Kier molecular flexibility index (Phi) is 5.71. The van der Waals surface area contributed by atoms with Crippen molar-refractivity contribution in [1.29, 1.82) is 0 Å². The number of carbonyl (C=O) groups is 2. The van der Waals surface area contributed by atoms with Gasteiger partial charge in [-0.25, -0.2) is 9.97 Å². The van der Waals surface area contributed by atoms with Gasteiger partial charge in [0, 0.05) is 54.3 Å². The molecule has 2 unspecified atom stereocenters. The largest absolute Gasteiger partial charge is 0.383 e. The lowest BCUT2D eigenvalue weighted by molar-refractivity contribution is -0.155. The number of aromatic amines is 1. The maximum Gasteiger partial charge on any atom is 0.249 e. The zero-order valence-electron chi connectivity index (χ0n) is 20.7. The Bertz CT molecular complexity index is 1470. The number of hydrogen-bond acceptors (Lipinski definition) is 8. The fourth-order valence-electron chi connectivity index (χ4n) is 5.76. The first-order chi connectivity index (χ1) is 18.0. The second-order valence-corrected chi connectivity index (χ2v) is 9.63. The highest BCUT2D eigenvalue weighted by Crippen LogP contribution is 2.46. The van der Waals surface area contributed by atoms with E-state index in [0.717, 1.165) is 36.1 Å². The van der Waals surface area contributed by atoms with Crippen LogP contribution in [0.25, 0.3) is 28.3 Å². The molecule has 4 aromatic rings. The van der Waals surface area contributed by atoms with Crippen LogP contribution in [0.1, 0.15) is 55.1 Å². The van der Waals surface area contributed by atoms with E-state index in [1.807, 2.05) is 24.0 Å². The number of nitrogens with zero attached hydrogens (tertiary/aromatic N) is 6. The summed E-state index contributed by atoms with van der Waals surface area (Å²) < 4.78 is 6.86. The quantitative estimate of drug-likeness (QED) is 0.369. The van der Waals surface area contributed by atoms with Crippen LogP contribution in [-0.2, 0) is 9.53 Å². The second kappa shape index (κ2) is 9.07. The number of nitrogen functional groups attached to an aromatic ring is 1. The van der Waals surface area contributed by atoms with Gasteiger partial charge in [0.05, 0.1) is 17.5 Å². The molecule has 2 saturated heterocycles. The van der Waals surface area contributed by atoms with E-state index >= 15 is 0 Å². The molecule has 1 aliphatic carbocycles. The topological polar surface area (TPSA) is 144 Å². The van der Waals surface area contributed by atoms with Crippen LogP contribution in [0, 0.1) is 0 Å². The molecule has 2 bridgehead atoms. The van der Waals surface area contributed by atoms with Crippen molar-refractivity contribution < 1.29 is 14.3 Å². The number of Topliss-reactive ketones (excluding diaryl/α,β-unsaturated/α-hetero) is 1. The summed E-state index contributed by atoms with van der Waals surface area (Å²) in [5, 5.41) is 4.45. The molecule has 37 heavy (non-hydrogen) atoms. The first kappa shape index (κ1) is 23.3. The van der Waals surface area contributed by atoms with Gasteiger partial charge < -0.3 is 20.4 Å². The Labute approximate surface area is 213 Å². The van der Waals surface area contributed by atoms with E-state index in [-0.39, 0.29) is 42.1 Å². The number of aromatic nitrogens is 6. The third-order valence-corrected chi connectivity index (χ3v) is 7.43. The maximum atomic E-state index is 12.7. The third kappa shape index (κ3) is 3.86. The van der Waals surface area contributed by atoms with Crippen molar-refractivity contribution in [1.82, 2.24) is 34.4 Å². The molecular weight excluding hydrogens is 472 g/mol. The Balaban J connectivity index is 1.35. The first-order valence-corrected chi connectivity index (χ1v) is 12.5. The normalized spacial score (nSPS) is 20.7. The highest BCUT2D eigenvalue weighted by Gasteiger charge is 2.49. The zero-order valence-corrected chi connectivity index (χ0v) is 20.7. The molecular formula is C26H28N8O3. The average Bonchev–Trinajstić information content (AvgIpc) is 3.58. The molecule has 7 rings (SSSR count). The van der Waals surface area contributed by atoms with Crippen molar-refractivity contribution in [3.8, 4) is 22.6 Å². The van der Waals surface area contributed by atoms with Crippen LogP contribution in [0.15, 0.2) is 36.9 Å².